The number of aromatic nitrogens is 3. The Hall–Kier alpha value is -5.23. The second kappa shape index (κ2) is 13.8. The van der Waals surface area contributed by atoms with Gasteiger partial charge in [0.25, 0.3) is 0 Å². The number of pyridine rings is 1. The molecule has 12 heteroatoms. The van der Waals surface area contributed by atoms with Crippen molar-refractivity contribution in [2.24, 2.45) is 4.99 Å². The van der Waals surface area contributed by atoms with Crippen LogP contribution in [0.4, 0.5) is 13.2 Å². The van der Waals surface area contributed by atoms with E-state index < -0.39 is 23.4 Å². The summed E-state index contributed by atoms with van der Waals surface area (Å²) in [6.07, 6.45) is -0.0662. The number of fused-ring (bicyclic) bond motifs is 1. The number of aliphatic imine (C=N–C) groups is 1. The lowest BCUT2D eigenvalue weighted by molar-refractivity contribution is 0.0697. The van der Waals surface area contributed by atoms with Crippen LogP contribution < -0.4 is 10.2 Å². The minimum Gasteiger partial charge on any atom is -0.478 e. The number of likely N-dealkylation sites (N-methyl/N-ethyl adjacent to an activating group) is 1. The van der Waals surface area contributed by atoms with Crippen molar-refractivity contribution in [1.29, 1.82) is 0 Å². The summed E-state index contributed by atoms with van der Waals surface area (Å²) in [5, 5.41) is 11.3. The average Bonchev–Trinajstić information content (AvgIpc) is 3.61. The fraction of sp³-hybridized carbons (Fsp3) is 0.235. The van der Waals surface area contributed by atoms with Crippen LogP contribution in [0.25, 0.3) is 22.3 Å². The van der Waals surface area contributed by atoms with Crippen LogP contribution in [0, 0.1) is 24.4 Å². The van der Waals surface area contributed by atoms with Gasteiger partial charge in [-0.1, -0.05) is 32.0 Å². The van der Waals surface area contributed by atoms with E-state index in [2.05, 4.69) is 20.4 Å². The van der Waals surface area contributed by atoms with Crippen LogP contribution in [0.3, 0.4) is 0 Å². The van der Waals surface area contributed by atoms with Gasteiger partial charge in [-0.15, -0.1) is 0 Å². The first-order valence-corrected chi connectivity index (χ1v) is 14.7. The van der Waals surface area contributed by atoms with Gasteiger partial charge in [0.15, 0.2) is 0 Å². The van der Waals surface area contributed by atoms with Gasteiger partial charge in [0, 0.05) is 30.7 Å². The van der Waals surface area contributed by atoms with Gasteiger partial charge in [0.1, 0.15) is 42.4 Å². The number of carbonyl (C=O) groups is 1. The molecule has 0 saturated carbocycles. The lowest BCUT2D eigenvalue weighted by Crippen LogP contribution is -2.35. The van der Waals surface area contributed by atoms with Crippen molar-refractivity contribution in [3.8, 4) is 17.1 Å². The highest BCUT2D eigenvalue weighted by atomic mass is 19.1. The quantitative estimate of drug-likeness (QED) is 0.191. The summed E-state index contributed by atoms with van der Waals surface area (Å²) in [7, 11) is 1.80. The summed E-state index contributed by atoms with van der Waals surface area (Å²) in [6, 6.07) is 16.2. The van der Waals surface area contributed by atoms with E-state index in [-0.39, 0.29) is 47.8 Å². The Balaban J connectivity index is 0.00000204. The summed E-state index contributed by atoms with van der Waals surface area (Å²) in [6.45, 7) is 6.33. The average molecular weight is 631 g/mol. The third kappa shape index (κ3) is 6.86. The Kier molecular flexibility index (Phi) is 9.67. The Labute approximate surface area is 264 Å². The molecule has 0 bridgehead atoms. The monoisotopic (exact) mass is 630 g/mol. The molecule has 1 aliphatic rings. The molecule has 0 saturated heterocycles. The number of nitrogens with one attached hydrogen (secondary N) is 1. The Morgan fingerprint density at radius 2 is 1.74 bits per heavy atom. The maximum absolute atomic E-state index is 15.5. The van der Waals surface area contributed by atoms with Crippen LogP contribution in [-0.2, 0) is 19.6 Å². The number of imidazole rings is 1. The van der Waals surface area contributed by atoms with Gasteiger partial charge < -0.3 is 14.4 Å². The molecule has 9 nitrogen and oxygen atoms in total. The number of carboxylic acids is 1. The molecule has 0 aliphatic carbocycles. The lowest BCUT2D eigenvalue weighted by atomic mass is 10.0. The van der Waals surface area contributed by atoms with Crippen molar-refractivity contribution < 1.29 is 27.8 Å². The number of hydrogen-bond donors (Lipinski definition) is 2. The van der Waals surface area contributed by atoms with Crippen molar-refractivity contribution in [3.05, 3.63) is 112 Å². The molecule has 5 aromatic rings. The molecule has 3 aromatic carbocycles. The topological polar surface area (TPSA) is 105 Å². The Morgan fingerprint density at radius 3 is 2.46 bits per heavy atom. The molecule has 0 amide bonds. The molecule has 0 atom stereocenters. The van der Waals surface area contributed by atoms with Crippen molar-refractivity contribution in [3.63, 3.8) is 0 Å². The van der Waals surface area contributed by atoms with Gasteiger partial charge in [-0.2, -0.15) is 0 Å². The number of halogens is 3. The predicted octanol–water partition coefficient (Wildman–Crippen LogP) is 6.52. The summed E-state index contributed by atoms with van der Waals surface area (Å²) < 4.78 is 52.7. The number of aromatic carboxylic acids is 1. The molecule has 1 aliphatic heterocycles. The first-order chi connectivity index (χ1) is 22.2. The number of nitrogens with zero attached hydrogens (tertiary/aromatic N) is 5. The summed E-state index contributed by atoms with van der Waals surface area (Å²) in [4.78, 5) is 25.0. The largest absolute Gasteiger partial charge is 0.478 e. The van der Waals surface area contributed by atoms with Crippen molar-refractivity contribution in [1.82, 2.24) is 25.0 Å². The second-order valence-electron chi connectivity index (χ2n) is 10.4. The fourth-order valence-electron chi connectivity index (χ4n) is 5.00. The van der Waals surface area contributed by atoms with Crippen LogP contribution >= 0.6 is 0 Å². The first-order valence-electron chi connectivity index (χ1n) is 14.7. The van der Waals surface area contributed by atoms with Gasteiger partial charge in [0.05, 0.1) is 28.8 Å². The number of hydrogen-bond acceptors (Lipinski definition) is 7. The zero-order valence-corrected chi connectivity index (χ0v) is 25.8. The minimum atomic E-state index is -1.09. The molecule has 0 fully saturated rings. The SMILES string of the molecule is CC.Cc1ccc(COc2cccc(-c3cc(F)c(Cc4nc5ccc(C(=O)O)cc5n4CC4=NCNN4C)cc3F)n2)c(F)c1. The van der Waals surface area contributed by atoms with Crippen LogP contribution in [0.5, 0.6) is 5.88 Å². The second-order valence-corrected chi connectivity index (χ2v) is 10.4. The van der Waals surface area contributed by atoms with Crippen LogP contribution in [-0.4, -0.2) is 50.2 Å². The molecule has 0 spiro atoms. The van der Waals surface area contributed by atoms with Crippen LogP contribution in [0.1, 0.15) is 46.7 Å². The van der Waals surface area contributed by atoms with Crippen LogP contribution in [0.15, 0.2) is 71.7 Å². The van der Waals surface area contributed by atoms with E-state index in [1.807, 2.05) is 13.8 Å². The zero-order chi connectivity index (χ0) is 33.0. The molecular weight excluding hydrogens is 597 g/mol. The van der Waals surface area contributed by atoms with E-state index in [4.69, 9.17) is 4.74 Å². The molecule has 46 heavy (non-hydrogen) atoms. The van der Waals surface area contributed by atoms with Crippen molar-refractivity contribution in [2.75, 3.05) is 13.7 Å². The normalized spacial score (nSPS) is 12.6. The van der Waals surface area contributed by atoms with Crippen molar-refractivity contribution >= 4 is 22.8 Å². The molecule has 2 aromatic heterocycles. The summed E-state index contributed by atoms with van der Waals surface area (Å²) >= 11 is 0. The third-order valence-electron chi connectivity index (χ3n) is 7.40. The lowest BCUT2D eigenvalue weighted by Gasteiger charge is -2.16. The predicted molar refractivity (Wildman–Crippen MR) is 169 cm³/mol. The van der Waals surface area contributed by atoms with Gasteiger partial charge in [-0.05, 0) is 60.5 Å². The maximum Gasteiger partial charge on any atom is 0.335 e. The van der Waals surface area contributed by atoms with Gasteiger partial charge in [-0.3, -0.25) is 10.0 Å². The summed E-state index contributed by atoms with van der Waals surface area (Å²) in [5.41, 5.74) is 5.45. The van der Waals surface area contributed by atoms with E-state index in [0.29, 0.717) is 34.9 Å². The Morgan fingerprint density at radius 1 is 0.957 bits per heavy atom. The molecule has 2 N–H and O–H groups in total. The highest BCUT2D eigenvalue weighted by Gasteiger charge is 2.21. The van der Waals surface area contributed by atoms with E-state index in [9.17, 15) is 14.3 Å². The number of ether oxygens (including phenoxy) is 1. The maximum atomic E-state index is 15.5. The summed E-state index contributed by atoms with van der Waals surface area (Å²) in [5.74, 6) is -1.64. The van der Waals surface area contributed by atoms with E-state index in [1.54, 1.807) is 53.9 Å². The molecule has 238 valence electrons. The number of amidine groups is 1. The molecule has 0 radical (unpaired) electrons. The van der Waals surface area contributed by atoms with Gasteiger partial charge in [0.2, 0.25) is 5.88 Å². The van der Waals surface area contributed by atoms with Gasteiger partial charge in [-0.25, -0.2) is 33.4 Å². The number of aryl methyl sites for hydroxylation is 1. The number of carboxylic acid groups (broad SMARTS) is 1. The highest BCUT2D eigenvalue weighted by Crippen LogP contribution is 2.28. The molecule has 3 heterocycles. The van der Waals surface area contributed by atoms with Crippen LogP contribution in [0.2, 0.25) is 0 Å². The van der Waals surface area contributed by atoms with E-state index >= 15 is 8.78 Å². The smallest absolute Gasteiger partial charge is 0.335 e. The first kappa shape index (κ1) is 32.2. The fourth-order valence-corrected chi connectivity index (χ4v) is 5.00. The third-order valence-corrected chi connectivity index (χ3v) is 7.40. The standard InChI is InChI=1S/C32H27F3N6O3.C2H6/c1-18-6-7-20(23(33)10-18)16-44-31-5-3-4-26(39-31)22-14-24(34)21(11-25(22)35)13-29-38-27-9-8-19(32(42)43)12-28(27)41(29)15-30-36-17-37-40(30)2;1-2/h3-12,14,37H,13,15-17H2,1-2H3,(H,42,43);1-2H3. The van der Waals surface area contributed by atoms with Gasteiger partial charge >= 0.3 is 5.97 Å². The van der Waals surface area contributed by atoms with E-state index in [0.717, 1.165) is 17.7 Å². The minimum absolute atomic E-state index is 0.0587. The Bertz CT molecular complexity index is 1940. The number of hydrazine groups is 1. The number of benzene rings is 3. The van der Waals surface area contributed by atoms with E-state index in [1.165, 1.54) is 24.3 Å². The molecular formula is C34H33F3N6O3. The number of rotatable bonds is 9. The zero-order valence-electron chi connectivity index (χ0n) is 25.8. The highest BCUT2D eigenvalue weighted by molar-refractivity contribution is 5.93. The molecule has 0 unspecified atom stereocenters. The van der Waals surface area contributed by atoms with Crippen molar-refractivity contribution in [2.45, 2.75) is 40.3 Å². The molecule has 6 rings (SSSR count).